The first-order valence-electron chi connectivity index (χ1n) is 19.3. The summed E-state index contributed by atoms with van der Waals surface area (Å²) >= 11 is 0. The molecule has 0 aliphatic rings. The van der Waals surface area contributed by atoms with E-state index in [9.17, 15) is 0 Å². The Kier molecular flexibility index (Phi) is 7.13. The van der Waals surface area contributed by atoms with Crippen LogP contribution in [0.5, 0.6) is 0 Å². The maximum absolute atomic E-state index is 6.39. The number of benzene rings is 8. The third-order valence-electron chi connectivity index (χ3n) is 11.1. The van der Waals surface area contributed by atoms with Crippen LogP contribution in [0.1, 0.15) is 0 Å². The van der Waals surface area contributed by atoms with Gasteiger partial charge >= 0.3 is 0 Å². The lowest BCUT2D eigenvalue weighted by molar-refractivity contribution is 0.668. The van der Waals surface area contributed by atoms with Crippen molar-refractivity contribution in [3.05, 3.63) is 182 Å². The Morgan fingerprint density at radius 3 is 1.62 bits per heavy atom. The lowest BCUT2D eigenvalue weighted by Gasteiger charge is -2.14. The van der Waals surface area contributed by atoms with Gasteiger partial charge in [-0.1, -0.05) is 140 Å². The molecule has 0 saturated heterocycles. The maximum atomic E-state index is 6.39. The van der Waals surface area contributed by atoms with Crippen molar-refractivity contribution in [1.29, 1.82) is 0 Å². The van der Waals surface area contributed by atoms with Crippen molar-refractivity contribution in [2.45, 2.75) is 0 Å². The fourth-order valence-corrected chi connectivity index (χ4v) is 8.43. The molecule has 58 heavy (non-hydrogen) atoms. The van der Waals surface area contributed by atoms with Crippen molar-refractivity contribution < 1.29 is 8.83 Å². The number of fused-ring (bicyclic) bond motifs is 10. The molecule has 0 unspecified atom stereocenters. The predicted molar refractivity (Wildman–Crippen MR) is 234 cm³/mol. The van der Waals surface area contributed by atoms with E-state index in [0.29, 0.717) is 17.5 Å². The summed E-state index contributed by atoms with van der Waals surface area (Å²) in [6.07, 6.45) is 0. The Balaban J connectivity index is 1.12. The first-order chi connectivity index (χ1) is 28.7. The number of nitrogens with zero attached hydrogens (tertiary/aromatic N) is 4. The van der Waals surface area contributed by atoms with E-state index in [4.69, 9.17) is 28.8 Å². The summed E-state index contributed by atoms with van der Waals surface area (Å²) in [5.74, 6) is 1.67. The van der Waals surface area contributed by atoms with E-state index >= 15 is 0 Å². The molecule has 0 saturated carbocycles. The summed E-state index contributed by atoms with van der Waals surface area (Å²) in [5.41, 5.74) is 10.8. The molecule has 270 valence electrons. The van der Waals surface area contributed by atoms with Gasteiger partial charge in [-0.3, -0.25) is 0 Å². The molecule has 0 N–H and O–H groups in total. The van der Waals surface area contributed by atoms with Gasteiger partial charge in [-0.15, -0.1) is 0 Å². The third-order valence-corrected chi connectivity index (χ3v) is 11.1. The van der Waals surface area contributed by atoms with Crippen molar-refractivity contribution in [3.8, 4) is 56.5 Å². The number of furan rings is 2. The van der Waals surface area contributed by atoms with Crippen LogP contribution < -0.4 is 0 Å². The number of aromatic nitrogens is 4. The monoisotopic (exact) mass is 742 g/mol. The summed E-state index contributed by atoms with van der Waals surface area (Å²) in [4.78, 5) is 21.0. The second-order valence-corrected chi connectivity index (χ2v) is 14.5. The van der Waals surface area contributed by atoms with Crippen LogP contribution in [-0.4, -0.2) is 19.9 Å². The van der Waals surface area contributed by atoms with Gasteiger partial charge in [-0.2, -0.15) is 0 Å². The Hall–Kier alpha value is -7.96. The molecule has 4 aromatic heterocycles. The van der Waals surface area contributed by atoms with Gasteiger partial charge < -0.3 is 8.83 Å². The SMILES string of the molecule is c1ccc(-c2ccccc2-c2nc(-c3ccc4c(c3)nc(-c3ccccc3)c3ccc5oc6ccccc6c5c34)nc(-c3ccc4c(c3)oc3ccccc34)n2)cc1. The van der Waals surface area contributed by atoms with Gasteiger partial charge in [0.2, 0.25) is 0 Å². The van der Waals surface area contributed by atoms with Crippen LogP contribution in [-0.2, 0) is 0 Å². The Bertz CT molecular complexity index is 3570. The van der Waals surface area contributed by atoms with E-state index in [1.165, 1.54) is 0 Å². The average Bonchev–Trinajstić information content (AvgIpc) is 3.87. The number of pyridine rings is 1. The highest BCUT2D eigenvalue weighted by Crippen LogP contribution is 2.42. The van der Waals surface area contributed by atoms with Crippen LogP contribution in [0.15, 0.2) is 191 Å². The normalized spacial score (nSPS) is 11.8. The Morgan fingerprint density at radius 1 is 0.293 bits per heavy atom. The number of rotatable bonds is 5. The van der Waals surface area contributed by atoms with Crippen LogP contribution in [0.3, 0.4) is 0 Å². The lowest BCUT2D eigenvalue weighted by Crippen LogP contribution is -2.01. The molecule has 0 atom stereocenters. The van der Waals surface area contributed by atoms with E-state index in [-0.39, 0.29) is 0 Å². The van der Waals surface area contributed by atoms with Gasteiger partial charge in [0.1, 0.15) is 22.3 Å². The van der Waals surface area contributed by atoms with Gasteiger partial charge in [0, 0.05) is 60.0 Å². The molecule has 0 radical (unpaired) electrons. The first kappa shape index (κ1) is 32.3. The summed E-state index contributed by atoms with van der Waals surface area (Å²) in [7, 11) is 0. The van der Waals surface area contributed by atoms with E-state index in [1.807, 2.05) is 60.7 Å². The molecule has 4 heterocycles. The summed E-state index contributed by atoms with van der Waals surface area (Å²) in [5, 5.41) is 7.46. The molecule has 8 aromatic carbocycles. The minimum atomic E-state index is 0.546. The number of hydrogen-bond donors (Lipinski definition) is 0. The van der Waals surface area contributed by atoms with Crippen molar-refractivity contribution in [2.24, 2.45) is 0 Å². The third kappa shape index (κ3) is 5.12. The maximum Gasteiger partial charge on any atom is 0.164 e. The summed E-state index contributed by atoms with van der Waals surface area (Å²) < 4.78 is 12.7. The second-order valence-electron chi connectivity index (χ2n) is 14.5. The zero-order valence-corrected chi connectivity index (χ0v) is 30.9. The van der Waals surface area contributed by atoms with Crippen molar-refractivity contribution in [1.82, 2.24) is 19.9 Å². The fourth-order valence-electron chi connectivity index (χ4n) is 8.43. The Labute approximate surface area is 331 Å². The average molecular weight is 743 g/mol. The topological polar surface area (TPSA) is 77.8 Å². The summed E-state index contributed by atoms with van der Waals surface area (Å²) in [6, 6.07) is 62.1. The van der Waals surface area contributed by atoms with Crippen LogP contribution in [0.4, 0.5) is 0 Å². The predicted octanol–water partition coefficient (Wildman–Crippen LogP) is 13.7. The molecule has 0 aliphatic carbocycles. The van der Waals surface area contributed by atoms with Crippen molar-refractivity contribution in [2.75, 3.05) is 0 Å². The molecular formula is C52H30N4O2. The molecule has 0 amide bonds. The molecule has 6 heteroatoms. The van der Waals surface area contributed by atoms with E-state index < -0.39 is 0 Å². The van der Waals surface area contributed by atoms with E-state index in [0.717, 1.165) is 105 Å². The number of para-hydroxylation sites is 2. The highest BCUT2D eigenvalue weighted by molar-refractivity contribution is 6.28. The zero-order chi connectivity index (χ0) is 38.2. The largest absolute Gasteiger partial charge is 0.456 e. The van der Waals surface area contributed by atoms with Gasteiger partial charge in [0.15, 0.2) is 17.5 Å². The highest BCUT2D eigenvalue weighted by atomic mass is 16.3. The van der Waals surface area contributed by atoms with Gasteiger partial charge in [0.05, 0.1) is 11.2 Å². The molecular weight excluding hydrogens is 713 g/mol. The molecule has 12 aromatic rings. The Morgan fingerprint density at radius 2 is 0.845 bits per heavy atom. The van der Waals surface area contributed by atoms with Gasteiger partial charge in [0.25, 0.3) is 0 Å². The van der Waals surface area contributed by atoms with Crippen molar-refractivity contribution in [3.63, 3.8) is 0 Å². The quantitative estimate of drug-likeness (QED) is 0.163. The number of hydrogen-bond acceptors (Lipinski definition) is 6. The molecule has 0 spiro atoms. The fraction of sp³-hybridized carbons (Fsp3) is 0. The molecule has 0 fully saturated rings. The zero-order valence-electron chi connectivity index (χ0n) is 30.9. The van der Waals surface area contributed by atoms with Crippen LogP contribution in [0.2, 0.25) is 0 Å². The molecule has 6 nitrogen and oxygen atoms in total. The summed E-state index contributed by atoms with van der Waals surface area (Å²) in [6.45, 7) is 0. The molecule has 0 bridgehead atoms. The van der Waals surface area contributed by atoms with Crippen LogP contribution in [0, 0.1) is 0 Å². The lowest BCUT2D eigenvalue weighted by atomic mass is 9.95. The van der Waals surface area contributed by atoms with Crippen LogP contribution >= 0.6 is 0 Å². The van der Waals surface area contributed by atoms with E-state index in [1.54, 1.807) is 0 Å². The minimum Gasteiger partial charge on any atom is -0.456 e. The minimum absolute atomic E-state index is 0.546. The first-order valence-corrected chi connectivity index (χ1v) is 19.3. The molecule has 0 aliphatic heterocycles. The standard InChI is InChI=1S/C52H30N4O2/c1-3-13-31(14-4-1)35-17-7-8-19-38(35)52-55-50(54-51(56-52)34-23-25-37-36-18-9-11-21-43(36)58-46(37)30-34)33-24-26-39-42(29-33)53-49(32-15-5-2-6-16-32)41-27-28-45-48(47(39)41)40-20-10-12-22-44(40)57-45/h1-30H. The smallest absolute Gasteiger partial charge is 0.164 e. The van der Waals surface area contributed by atoms with Crippen molar-refractivity contribution >= 4 is 65.6 Å². The van der Waals surface area contributed by atoms with Crippen LogP contribution in [0.25, 0.3) is 122 Å². The second kappa shape index (κ2) is 12.8. The molecule has 12 rings (SSSR count). The van der Waals surface area contributed by atoms with Gasteiger partial charge in [-0.25, -0.2) is 19.9 Å². The van der Waals surface area contributed by atoms with Gasteiger partial charge in [-0.05, 0) is 53.6 Å². The highest BCUT2D eigenvalue weighted by Gasteiger charge is 2.20. The van der Waals surface area contributed by atoms with E-state index in [2.05, 4.69) is 121 Å².